The second-order valence-corrected chi connectivity index (χ2v) is 3.11. The minimum Gasteiger partial charge on any atom is -0.481 e. The molecule has 1 heterocycles. The largest absolute Gasteiger partial charge is 0.481 e. The molecule has 2 unspecified atom stereocenters. The molecule has 0 amide bonds. The second kappa shape index (κ2) is 4.03. The van der Waals surface area contributed by atoms with Crippen molar-refractivity contribution >= 4 is 11.9 Å². The molecule has 0 saturated carbocycles. The first-order valence-corrected chi connectivity index (χ1v) is 4.13. The monoisotopic (exact) mass is 202 g/mol. The van der Waals surface area contributed by atoms with Gasteiger partial charge in [0, 0.05) is 6.54 Å². The number of aliphatic carboxylic acids is 2. The normalized spacial score (nSPS) is 27.0. The van der Waals surface area contributed by atoms with Crippen molar-refractivity contribution in [1.29, 1.82) is 0 Å². The topological polar surface area (TPSA) is 107 Å². The van der Waals surface area contributed by atoms with Gasteiger partial charge in [0.25, 0.3) is 0 Å². The second-order valence-electron chi connectivity index (χ2n) is 3.11. The number of rotatable bonds is 3. The SMILES string of the molecule is O=NN1CCCC(C(=O)O)C1C(=O)O. The number of carboxylic acid groups (broad SMARTS) is 2. The van der Waals surface area contributed by atoms with Gasteiger partial charge in [0.15, 0.2) is 6.04 Å². The van der Waals surface area contributed by atoms with Crippen molar-refractivity contribution in [3.8, 4) is 0 Å². The van der Waals surface area contributed by atoms with Crippen molar-refractivity contribution in [3.63, 3.8) is 0 Å². The lowest BCUT2D eigenvalue weighted by Crippen LogP contribution is -2.49. The number of nitroso groups, excluding NO2 is 1. The van der Waals surface area contributed by atoms with Gasteiger partial charge in [-0.3, -0.25) is 4.79 Å². The van der Waals surface area contributed by atoms with Gasteiger partial charge in [-0.2, -0.15) is 0 Å². The van der Waals surface area contributed by atoms with Gasteiger partial charge in [0.05, 0.1) is 11.2 Å². The van der Waals surface area contributed by atoms with E-state index < -0.39 is 23.9 Å². The third-order valence-corrected chi connectivity index (χ3v) is 2.28. The maximum Gasteiger partial charge on any atom is 0.329 e. The fourth-order valence-corrected chi connectivity index (χ4v) is 1.63. The molecule has 7 nitrogen and oxygen atoms in total. The van der Waals surface area contributed by atoms with Crippen molar-refractivity contribution in [1.82, 2.24) is 5.01 Å². The van der Waals surface area contributed by atoms with E-state index in [1.165, 1.54) is 0 Å². The summed E-state index contributed by atoms with van der Waals surface area (Å²) >= 11 is 0. The highest BCUT2D eigenvalue weighted by Crippen LogP contribution is 2.24. The van der Waals surface area contributed by atoms with Gasteiger partial charge in [-0.25, -0.2) is 9.80 Å². The first-order chi connectivity index (χ1) is 6.57. The van der Waals surface area contributed by atoms with Crippen LogP contribution < -0.4 is 0 Å². The number of carbonyl (C=O) groups is 2. The van der Waals surface area contributed by atoms with Crippen molar-refractivity contribution in [2.75, 3.05) is 6.54 Å². The Labute approximate surface area is 79.3 Å². The van der Waals surface area contributed by atoms with Crippen molar-refractivity contribution in [3.05, 3.63) is 4.91 Å². The number of hydrogen-bond donors (Lipinski definition) is 2. The Morgan fingerprint density at radius 1 is 1.29 bits per heavy atom. The quantitative estimate of drug-likeness (QED) is 0.619. The van der Waals surface area contributed by atoms with E-state index in [4.69, 9.17) is 10.2 Å². The van der Waals surface area contributed by atoms with Crippen LogP contribution in [0.5, 0.6) is 0 Å². The Bertz CT molecular complexity index is 267. The van der Waals surface area contributed by atoms with Crippen LogP contribution in [0.2, 0.25) is 0 Å². The summed E-state index contributed by atoms with van der Waals surface area (Å²) in [6, 6.07) is -1.33. The summed E-state index contributed by atoms with van der Waals surface area (Å²) in [7, 11) is 0. The van der Waals surface area contributed by atoms with Crippen LogP contribution in [-0.2, 0) is 9.59 Å². The van der Waals surface area contributed by atoms with E-state index in [0.29, 0.717) is 6.42 Å². The Morgan fingerprint density at radius 2 is 1.93 bits per heavy atom. The fraction of sp³-hybridized carbons (Fsp3) is 0.714. The van der Waals surface area contributed by atoms with Gasteiger partial charge in [0.1, 0.15) is 0 Å². The Morgan fingerprint density at radius 3 is 2.36 bits per heavy atom. The maximum atomic E-state index is 10.7. The number of hydrogen-bond acceptors (Lipinski definition) is 4. The molecule has 0 radical (unpaired) electrons. The molecular formula is C7H10N2O5. The van der Waals surface area contributed by atoms with Crippen LogP contribution >= 0.6 is 0 Å². The first kappa shape index (κ1) is 10.4. The van der Waals surface area contributed by atoms with Gasteiger partial charge in [-0.05, 0) is 12.8 Å². The molecular weight excluding hydrogens is 192 g/mol. The Balaban J connectivity index is 2.88. The van der Waals surface area contributed by atoms with Gasteiger partial charge in [-0.1, -0.05) is 0 Å². The van der Waals surface area contributed by atoms with E-state index in [0.717, 1.165) is 5.01 Å². The summed E-state index contributed by atoms with van der Waals surface area (Å²) in [5.41, 5.74) is 0. The van der Waals surface area contributed by atoms with E-state index >= 15 is 0 Å². The van der Waals surface area contributed by atoms with E-state index in [-0.39, 0.29) is 13.0 Å². The summed E-state index contributed by atoms with van der Waals surface area (Å²) in [5.74, 6) is -3.58. The molecule has 14 heavy (non-hydrogen) atoms. The molecule has 0 aliphatic carbocycles. The molecule has 1 aliphatic rings. The zero-order valence-electron chi connectivity index (χ0n) is 7.29. The lowest BCUT2D eigenvalue weighted by Gasteiger charge is -2.32. The van der Waals surface area contributed by atoms with Crippen LogP contribution in [0.3, 0.4) is 0 Å². The molecule has 1 rings (SSSR count). The van der Waals surface area contributed by atoms with E-state index in [1.807, 2.05) is 0 Å². The van der Waals surface area contributed by atoms with Crippen LogP contribution in [0.4, 0.5) is 0 Å². The molecule has 2 N–H and O–H groups in total. The van der Waals surface area contributed by atoms with Crippen LogP contribution in [0.25, 0.3) is 0 Å². The molecule has 7 heteroatoms. The van der Waals surface area contributed by atoms with Crippen molar-refractivity contribution in [2.45, 2.75) is 18.9 Å². The first-order valence-electron chi connectivity index (χ1n) is 4.13. The van der Waals surface area contributed by atoms with Crippen molar-refractivity contribution < 1.29 is 19.8 Å². The third kappa shape index (κ3) is 1.81. The van der Waals surface area contributed by atoms with E-state index in [1.54, 1.807) is 0 Å². The molecule has 0 aromatic carbocycles. The third-order valence-electron chi connectivity index (χ3n) is 2.28. The van der Waals surface area contributed by atoms with Crippen LogP contribution in [-0.4, -0.2) is 39.7 Å². The summed E-state index contributed by atoms with van der Waals surface area (Å²) in [5, 5.41) is 20.8. The summed E-state index contributed by atoms with van der Waals surface area (Å²) in [6.45, 7) is 0.199. The zero-order chi connectivity index (χ0) is 10.7. The van der Waals surface area contributed by atoms with Gasteiger partial charge >= 0.3 is 11.9 Å². The van der Waals surface area contributed by atoms with Crippen LogP contribution in [0.15, 0.2) is 5.29 Å². The molecule has 1 aliphatic heterocycles. The molecule has 1 saturated heterocycles. The molecule has 78 valence electrons. The molecule has 0 aromatic rings. The minimum atomic E-state index is -1.33. The average molecular weight is 202 g/mol. The van der Waals surface area contributed by atoms with Crippen LogP contribution in [0.1, 0.15) is 12.8 Å². The predicted octanol–water partition coefficient (Wildman–Crippen LogP) is -0.0824. The molecule has 2 atom stereocenters. The summed E-state index contributed by atoms with van der Waals surface area (Å²) in [6.07, 6.45) is 0.727. The van der Waals surface area contributed by atoms with Gasteiger partial charge in [-0.15, -0.1) is 4.91 Å². The number of nitrogens with zero attached hydrogens (tertiary/aromatic N) is 2. The standard InChI is InChI=1S/C7H10N2O5/c10-6(11)4-2-1-3-9(8-14)5(4)7(12)13/h4-5H,1-3H2,(H,10,11)(H,12,13). The summed E-state index contributed by atoms with van der Waals surface area (Å²) in [4.78, 5) is 31.7. The van der Waals surface area contributed by atoms with Crippen LogP contribution in [0, 0.1) is 10.8 Å². The van der Waals surface area contributed by atoms with E-state index in [9.17, 15) is 14.5 Å². The van der Waals surface area contributed by atoms with Gasteiger partial charge < -0.3 is 10.2 Å². The average Bonchev–Trinajstić information content (AvgIpc) is 2.16. The Hall–Kier alpha value is -1.66. The molecule has 1 fully saturated rings. The lowest BCUT2D eigenvalue weighted by atomic mass is 9.90. The lowest BCUT2D eigenvalue weighted by molar-refractivity contribution is -0.158. The van der Waals surface area contributed by atoms with Gasteiger partial charge in [0.2, 0.25) is 0 Å². The number of piperidine rings is 1. The van der Waals surface area contributed by atoms with E-state index in [2.05, 4.69) is 5.29 Å². The molecule has 0 aromatic heterocycles. The van der Waals surface area contributed by atoms with Crippen molar-refractivity contribution in [2.24, 2.45) is 11.2 Å². The highest BCUT2D eigenvalue weighted by molar-refractivity contribution is 5.82. The minimum absolute atomic E-state index is 0.199. The summed E-state index contributed by atoms with van der Waals surface area (Å²) < 4.78 is 0. The maximum absolute atomic E-state index is 10.7. The fourth-order valence-electron chi connectivity index (χ4n) is 1.63. The predicted molar refractivity (Wildman–Crippen MR) is 44.3 cm³/mol. The molecule has 0 bridgehead atoms. The Kier molecular flexibility index (Phi) is 3.00. The highest BCUT2D eigenvalue weighted by atomic mass is 16.4. The smallest absolute Gasteiger partial charge is 0.329 e. The zero-order valence-corrected chi connectivity index (χ0v) is 7.29. The highest BCUT2D eigenvalue weighted by Gasteiger charge is 2.41. The number of carboxylic acids is 2. The molecule has 0 spiro atoms.